The Bertz CT molecular complexity index is 2210. The number of H-pyrrole nitrogens is 1. The van der Waals surface area contributed by atoms with E-state index in [1.54, 1.807) is 23.4 Å². The van der Waals surface area contributed by atoms with Crippen molar-refractivity contribution in [2.45, 2.75) is 65.0 Å². The minimum absolute atomic E-state index is 0.0109. The maximum absolute atomic E-state index is 16.4. The second-order valence-electron chi connectivity index (χ2n) is 12.0. The molecule has 4 aromatic heterocycles. The fourth-order valence-corrected chi connectivity index (χ4v) is 6.66. The predicted octanol–water partition coefficient (Wildman–Crippen LogP) is 5.00. The maximum Gasteiger partial charge on any atom is 0.322 e. The third-order valence-electron chi connectivity index (χ3n) is 8.84. The van der Waals surface area contributed by atoms with E-state index in [1.165, 1.54) is 21.3 Å². The molecular weight excluding hydrogens is 587 g/mol. The molecule has 1 amide bonds. The summed E-state index contributed by atoms with van der Waals surface area (Å²) >= 11 is 0. The van der Waals surface area contributed by atoms with Gasteiger partial charge in [0.05, 0.1) is 41.1 Å². The number of pyridine rings is 2. The zero-order valence-electron chi connectivity index (χ0n) is 26.0. The lowest BCUT2D eigenvalue weighted by Gasteiger charge is -2.39. The molecule has 11 nitrogen and oxygen atoms in total. The quantitative estimate of drug-likeness (QED) is 0.208. The second-order valence-corrected chi connectivity index (χ2v) is 12.0. The standard InChI is InChI=1S/C34H33FN8O3/c1-6-27(44)41-14-11-22(15-21(41)9-12-36)42-26-16-24(35)30(28-19(4)7-8-25-23(28)17-38-40-25)39-32(26)43(34(46)33(42)45)31-20(5)10-13-37-29(31)18(2)3/h6-8,10,13,16-18,21-22H,1,9,11,14-15H2,2-5H3,(H,38,40)/t21-,22?/m0/s1. The van der Waals surface area contributed by atoms with Crippen molar-refractivity contribution in [3.8, 4) is 23.0 Å². The van der Waals surface area contributed by atoms with Crippen LogP contribution in [0, 0.1) is 31.0 Å². The van der Waals surface area contributed by atoms with Gasteiger partial charge in [-0.05, 0) is 61.9 Å². The van der Waals surface area contributed by atoms with Crippen LogP contribution < -0.4 is 11.1 Å². The smallest absolute Gasteiger partial charge is 0.322 e. The number of aromatic amines is 1. The van der Waals surface area contributed by atoms with Gasteiger partial charge < -0.3 is 4.90 Å². The molecule has 6 rings (SSSR count). The van der Waals surface area contributed by atoms with Crippen molar-refractivity contribution < 1.29 is 9.18 Å². The molecule has 46 heavy (non-hydrogen) atoms. The number of nitrogens with one attached hydrogen (secondary N) is 1. The number of halogens is 1. The van der Waals surface area contributed by atoms with Crippen molar-refractivity contribution in [1.29, 1.82) is 5.26 Å². The highest BCUT2D eigenvalue weighted by Crippen LogP contribution is 2.36. The number of aromatic nitrogens is 6. The molecular formula is C34H33FN8O3. The Hall–Kier alpha value is -5.44. The van der Waals surface area contributed by atoms with Gasteiger partial charge in [0.25, 0.3) is 0 Å². The van der Waals surface area contributed by atoms with Gasteiger partial charge in [0.15, 0.2) is 11.5 Å². The first-order valence-corrected chi connectivity index (χ1v) is 15.1. The Balaban J connectivity index is 1.69. The molecule has 1 fully saturated rings. The first-order chi connectivity index (χ1) is 22.1. The van der Waals surface area contributed by atoms with E-state index in [0.29, 0.717) is 39.8 Å². The lowest BCUT2D eigenvalue weighted by atomic mass is 9.94. The Morgan fingerprint density at radius 1 is 1.22 bits per heavy atom. The molecule has 5 aromatic rings. The number of amides is 1. The average molecular weight is 621 g/mol. The Morgan fingerprint density at radius 2 is 2.00 bits per heavy atom. The SMILES string of the molecule is C=CC(=O)N1CCC(n2c(=O)c(=O)n(-c3c(C)ccnc3C(C)C)c3nc(-c4c(C)ccc5[nH]ncc45)c(F)cc32)C[C@@H]1CC#N. The van der Waals surface area contributed by atoms with Crippen LogP contribution in [0.1, 0.15) is 61.9 Å². The molecule has 1 aromatic carbocycles. The molecule has 0 spiro atoms. The van der Waals surface area contributed by atoms with Gasteiger partial charge in [-0.3, -0.25) is 33.6 Å². The Morgan fingerprint density at radius 3 is 2.72 bits per heavy atom. The van der Waals surface area contributed by atoms with Crippen molar-refractivity contribution in [3.63, 3.8) is 0 Å². The van der Waals surface area contributed by atoms with Gasteiger partial charge in [-0.1, -0.05) is 26.5 Å². The number of nitrogens with zero attached hydrogens (tertiary/aromatic N) is 7. The first kappa shape index (κ1) is 30.6. The van der Waals surface area contributed by atoms with Crippen molar-refractivity contribution >= 4 is 28.0 Å². The van der Waals surface area contributed by atoms with E-state index in [4.69, 9.17) is 4.98 Å². The van der Waals surface area contributed by atoms with Crippen LogP contribution in [0.25, 0.3) is 39.0 Å². The minimum atomic E-state index is -0.852. The number of fused-ring (bicyclic) bond motifs is 2. The van der Waals surface area contributed by atoms with Gasteiger partial charge in [-0.2, -0.15) is 10.4 Å². The number of rotatable bonds is 6. The van der Waals surface area contributed by atoms with Crippen LogP contribution in [0.4, 0.5) is 4.39 Å². The molecule has 1 aliphatic heterocycles. The highest BCUT2D eigenvalue weighted by Gasteiger charge is 2.34. The monoisotopic (exact) mass is 620 g/mol. The number of hydrogen-bond acceptors (Lipinski definition) is 7. The van der Waals surface area contributed by atoms with Crippen molar-refractivity contribution in [2.75, 3.05) is 6.54 Å². The number of carbonyl (C=O) groups is 1. The third kappa shape index (κ3) is 4.88. The summed E-state index contributed by atoms with van der Waals surface area (Å²) in [4.78, 5) is 52.0. The number of likely N-dealkylation sites (tertiary alicyclic amines) is 1. The van der Waals surface area contributed by atoms with Gasteiger partial charge in [0, 0.05) is 41.8 Å². The molecule has 1 saturated heterocycles. The van der Waals surface area contributed by atoms with Crippen molar-refractivity contribution in [1.82, 2.24) is 34.2 Å². The van der Waals surface area contributed by atoms with Gasteiger partial charge >= 0.3 is 11.1 Å². The topological polar surface area (TPSA) is 143 Å². The number of carbonyl (C=O) groups excluding carboxylic acids is 1. The molecule has 2 atom stereocenters. The van der Waals surface area contributed by atoms with Crippen molar-refractivity contribution in [2.24, 2.45) is 0 Å². The number of piperidine rings is 1. The van der Waals surface area contributed by atoms with E-state index in [-0.39, 0.29) is 48.1 Å². The van der Waals surface area contributed by atoms with Crippen LogP contribution in [0.3, 0.4) is 0 Å². The highest BCUT2D eigenvalue weighted by molar-refractivity contribution is 5.96. The van der Waals surface area contributed by atoms with Gasteiger partial charge in [-0.15, -0.1) is 0 Å². The molecule has 5 heterocycles. The summed E-state index contributed by atoms with van der Waals surface area (Å²) < 4.78 is 19.0. The molecule has 1 unspecified atom stereocenters. The maximum atomic E-state index is 16.4. The zero-order valence-corrected chi connectivity index (χ0v) is 26.0. The molecule has 0 aliphatic carbocycles. The van der Waals surface area contributed by atoms with Gasteiger partial charge in [0.2, 0.25) is 5.91 Å². The fourth-order valence-electron chi connectivity index (χ4n) is 6.66. The molecule has 0 radical (unpaired) electrons. The predicted molar refractivity (Wildman–Crippen MR) is 172 cm³/mol. The average Bonchev–Trinajstić information content (AvgIpc) is 3.51. The van der Waals surface area contributed by atoms with Crippen LogP contribution in [0.5, 0.6) is 0 Å². The highest BCUT2D eigenvalue weighted by atomic mass is 19.1. The molecule has 1 N–H and O–H groups in total. The second kappa shape index (κ2) is 11.8. The van der Waals surface area contributed by atoms with E-state index >= 15 is 4.39 Å². The summed E-state index contributed by atoms with van der Waals surface area (Å²) in [5, 5.41) is 17.2. The van der Waals surface area contributed by atoms with E-state index in [9.17, 15) is 19.6 Å². The summed E-state index contributed by atoms with van der Waals surface area (Å²) in [6.07, 6.45) is 4.99. The number of nitriles is 1. The van der Waals surface area contributed by atoms with Crippen LogP contribution >= 0.6 is 0 Å². The van der Waals surface area contributed by atoms with Crippen LogP contribution in [-0.2, 0) is 4.79 Å². The lowest BCUT2D eigenvalue weighted by Crippen LogP contribution is -2.49. The van der Waals surface area contributed by atoms with Crippen LogP contribution in [0.15, 0.2) is 58.9 Å². The van der Waals surface area contributed by atoms with Crippen LogP contribution in [0.2, 0.25) is 0 Å². The lowest BCUT2D eigenvalue weighted by molar-refractivity contribution is -0.130. The summed E-state index contributed by atoms with van der Waals surface area (Å²) in [5.41, 5.74) is 2.21. The Kier molecular flexibility index (Phi) is 7.85. The number of aryl methyl sites for hydroxylation is 2. The summed E-state index contributed by atoms with van der Waals surface area (Å²) in [6.45, 7) is 11.3. The van der Waals surface area contributed by atoms with E-state index in [1.807, 2.05) is 39.8 Å². The zero-order chi connectivity index (χ0) is 32.9. The molecule has 0 bridgehead atoms. The third-order valence-corrected chi connectivity index (χ3v) is 8.84. The summed E-state index contributed by atoms with van der Waals surface area (Å²) in [5.74, 6) is -1.11. The van der Waals surface area contributed by atoms with Crippen molar-refractivity contribution in [3.05, 3.63) is 92.7 Å². The molecule has 12 heteroatoms. The minimum Gasteiger partial charge on any atom is -0.335 e. The molecule has 234 valence electrons. The summed E-state index contributed by atoms with van der Waals surface area (Å²) in [7, 11) is 0. The molecule has 0 saturated carbocycles. The van der Waals surface area contributed by atoms with E-state index in [2.05, 4.69) is 27.8 Å². The van der Waals surface area contributed by atoms with E-state index < -0.39 is 29.0 Å². The normalized spacial score (nSPS) is 16.7. The van der Waals surface area contributed by atoms with Crippen LogP contribution in [-0.4, -0.2) is 52.7 Å². The number of hydrogen-bond donors (Lipinski definition) is 1. The van der Waals surface area contributed by atoms with E-state index in [0.717, 1.165) is 5.56 Å². The fraction of sp³-hybridized carbons (Fsp3) is 0.324. The first-order valence-electron chi connectivity index (χ1n) is 15.1. The van der Waals surface area contributed by atoms with Gasteiger partial charge in [-0.25, -0.2) is 9.37 Å². The largest absolute Gasteiger partial charge is 0.335 e. The van der Waals surface area contributed by atoms with Gasteiger partial charge in [0.1, 0.15) is 5.69 Å². The Labute approximate surface area is 263 Å². The summed E-state index contributed by atoms with van der Waals surface area (Å²) in [6, 6.07) is 7.70. The number of benzene rings is 1. The molecule has 1 aliphatic rings.